The van der Waals surface area contributed by atoms with E-state index < -0.39 is 17.5 Å². The number of piperazine rings is 1. The van der Waals surface area contributed by atoms with E-state index in [0.717, 1.165) is 0 Å². The van der Waals surface area contributed by atoms with Gasteiger partial charge in [0, 0.05) is 61.3 Å². The van der Waals surface area contributed by atoms with E-state index in [4.69, 9.17) is 4.74 Å². The van der Waals surface area contributed by atoms with Crippen LogP contribution in [0.1, 0.15) is 27.9 Å². The summed E-state index contributed by atoms with van der Waals surface area (Å²) in [7, 11) is 2.91. The Bertz CT molecular complexity index is 1700. The van der Waals surface area contributed by atoms with Crippen LogP contribution in [0.4, 0.5) is 20.2 Å². The molecule has 2 fully saturated rings. The molecule has 2 aromatic carbocycles. The first kappa shape index (κ1) is 27.2. The number of nitrogens with zero attached hydrogens (tertiary/aromatic N) is 4. The summed E-state index contributed by atoms with van der Waals surface area (Å²) >= 11 is 0. The molecule has 3 atom stereocenters. The number of nitrogens with one attached hydrogen (secondary N) is 3. The van der Waals surface area contributed by atoms with E-state index in [1.807, 2.05) is 0 Å². The number of carbonyl (C=O) groups is 2. The van der Waals surface area contributed by atoms with Gasteiger partial charge in [0.15, 0.2) is 5.82 Å². The molecule has 0 radical (unpaired) electrons. The average molecular weight is 572 g/mol. The molecule has 2 aliphatic rings. The van der Waals surface area contributed by atoms with Crippen molar-refractivity contribution in [3.8, 4) is 28.3 Å². The maximum atomic E-state index is 15.6. The minimum absolute atomic E-state index is 0.0219. The van der Waals surface area contributed by atoms with Crippen molar-refractivity contribution in [3.05, 3.63) is 83.9 Å². The van der Waals surface area contributed by atoms with Crippen LogP contribution in [0.2, 0.25) is 0 Å². The van der Waals surface area contributed by atoms with Gasteiger partial charge in [-0.15, -0.1) is 0 Å². The summed E-state index contributed by atoms with van der Waals surface area (Å²) in [6.07, 6.45) is 2.79. The largest absolute Gasteiger partial charge is 0.496 e. The quantitative estimate of drug-likeness (QED) is 0.287. The van der Waals surface area contributed by atoms with Crippen molar-refractivity contribution in [3.63, 3.8) is 0 Å². The van der Waals surface area contributed by atoms with Gasteiger partial charge < -0.3 is 25.6 Å². The van der Waals surface area contributed by atoms with Crippen molar-refractivity contribution < 1.29 is 23.1 Å². The lowest BCUT2D eigenvalue weighted by Crippen LogP contribution is -2.36. The first-order valence-corrected chi connectivity index (χ1v) is 13.3. The molecule has 2 saturated heterocycles. The molecule has 42 heavy (non-hydrogen) atoms. The number of ether oxygens (including phenoxy) is 1. The summed E-state index contributed by atoms with van der Waals surface area (Å²) in [6.45, 7) is 2.75. The van der Waals surface area contributed by atoms with Gasteiger partial charge >= 0.3 is 0 Å². The molecule has 6 rings (SSSR count). The third-order valence-electron chi connectivity index (χ3n) is 7.62. The van der Waals surface area contributed by atoms with Gasteiger partial charge in [-0.1, -0.05) is 12.1 Å². The highest BCUT2D eigenvalue weighted by Gasteiger charge is 2.50. The lowest BCUT2D eigenvalue weighted by Gasteiger charge is -2.29. The van der Waals surface area contributed by atoms with E-state index in [-0.39, 0.29) is 51.7 Å². The minimum Gasteiger partial charge on any atom is -0.496 e. The van der Waals surface area contributed by atoms with Gasteiger partial charge in [-0.2, -0.15) is 0 Å². The minimum atomic E-state index is -0.617. The van der Waals surface area contributed by atoms with Crippen LogP contribution in [0, 0.1) is 11.6 Å². The van der Waals surface area contributed by atoms with Gasteiger partial charge in [0.2, 0.25) is 0 Å². The van der Waals surface area contributed by atoms with Crippen molar-refractivity contribution in [2.75, 3.05) is 30.9 Å². The van der Waals surface area contributed by atoms with Crippen LogP contribution in [-0.2, 0) is 0 Å². The molecule has 2 amide bonds. The molecule has 0 bridgehead atoms. The summed E-state index contributed by atoms with van der Waals surface area (Å²) in [6, 6.07) is 12.5. The molecular formula is C30H27F2N7O3. The third-order valence-corrected chi connectivity index (χ3v) is 7.62. The summed E-state index contributed by atoms with van der Waals surface area (Å²) in [5, 5.41) is 8.72. The molecule has 0 aliphatic carbocycles. The predicted octanol–water partition coefficient (Wildman–Crippen LogP) is 3.65. The fraction of sp³-hybridized carbons (Fsp3) is 0.233. The zero-order valence-electron chi connectivity index (χ0n) is 23.0. The number of hydrogen-bond acceptors (Lipinski definition) is 8. The standard InChI is InChI=1S/C30H27F2N7O3/c1-15-27-23(36-27)14-39(15)24-11-17(16-7-8-20(35-13-16)29(40)33-2)19(32)12-22(24)38-30(41)21-9-10-34-28(37-21)26-18(31)5-4-6-25(26)42-3/h4-13,15,23,27,36H,14H2,1-3H3,(H,33,40)(H,38,41)/t15-,23+,27?/m0/s1. The van der Waals surface area contributed by atoms with E-state index >= 15 is 4.39 Å². The van der Waals surface area contributed by atoms with Crippen LogP contribution in [0.15, 0.2) is 60.9 Å². The SMILES string of the molecule is CNC(=O)c1ccc(-c2cc(N3C[C@H]4NC4[C@@H]3C)c(NC(=O)c3ccnc(-c4c(F)cccc4OC)n3)cc2F)cn1. The first-order chi connectivity index (χ1) is 20.3. The molecule has 2 aromatic heterocycles. The second-order valence-electron chi connectivity index (χ2n) is 10.1. The molecular weight excluding hydrogens is 544 g/mol. The molecule has 10 nitrogen and oxygen atoms in total. The summed E-state index contributed by atoms with van der Waals surface area (Å²) < 4.78 is 35.5. The molecule has 4 aromatic rings. The zero-order chi connectivity index (χ0) is 29.5. The number of halogens is 2. The smallest absolute Gasteiger partial charge is 0.274 e. The number of pyridine rings is 1. The number of aromatic nitrogens is 3. The van der Waals surface area contributed by atoms with E-state index in [0.29, 0.717) is 29.9 Å². The topological polar surface area (TPSA) is 131 Å². The Balaban J connectivity index is 1.35. The Morgan fingerprint density at radius 2 is 1.88 bits per heavy atom. The molecule has 0 saturated carbocycles. The van der Waals surface area contributed by atoms with Crippen molar-refractivity contribution in [1.82, 2.24) is 25.6 Å². The Labute approximate surface area is 240 Å². The lowest BCUT2D eigenvalue weighted by atomic mass is 10.0. The molecule has 3 N–H and O–H groups in total. The van der Waals surface area contributed by atoms with Crippen LogP contribution < -0.4 is 25.6 Å². The highest BCUT2D eigenvalue weighted by Crippen LogP contribution is 2.40. The van der Waals surface area contributed by atoms with Crippen molar-refractivity contribution in [1.29, 1.82) is 0 Å². The number of rotatable bonds is 7. The second-order valence-corrected chi connectivity index (χ2v) is 10.1. The van der Waals surface area contributed by atoms with Gasteiger partial charge in [-0.3, -0.25) is 14.6 Å². The number of methoxy groups -OCH3 is 1. The van der Waals surface area contributed by atoms with Crippen LogP contribution in [0.5, 0.6) is 5.75 Å². The fourth-order valence-corrected chi connectivity index (χ4v) is 5.34. The van der Waals surface area contributed by atoms with E-state index in [1.165, 1.54) is 56.9 Å². The predicted molar refractivity (Wildman–Crippen MR) is 152 cm³/mol. The highest BCUT2D eigenvalue weighted by atomic mass is 19.1. The van der Waals surface area contributed by atoms with Gasteiger partial charge in [-0.25, -0.2) is 18.7 Å². The average Bonchev–Trinajstić information content (AvgIpc) is 3.71. The third kappa shape index (κ3) is 4.90. The fourth-order valence-electron chi connectivity index (χ4n) is 5.34. The number of amides is 2. The Kier molecular flexibility index (Phi) is 6.99. The number of carbonyl (C=O) groups excluding carboxylic acids is 2. The second kappa shape index (κ2) is 10.8. The Morgan fingerprint density at radius 1 is 1.05 bits per heavy atom. The number of benzene rings is 2. The van der Waals surface area contributed by atoms with Crippen LogP contribution >= 0.6 is 0 Å². The maximum Gasteiger partial charge on any atom is 0.274 e. The molecule has 214 valence electrons. The van der Waals surface area contributed by atoms with Gasteiger partial charge in [0.05, 0.1) is 24.0 Å². The van der Waals surface area contributed by atoms with Gasteiger partial charge in [0.1, 0.15) is 28.8 Å². The van der Waals surface area contributed by atoms with Crippen LogP contribution in [0.3, 0.4) is 0 Å². The van der Waals surface area contributed by atoms with E-state index in [2.05, 4.69) is 42.7 Å². The maximum absolute atomic E-state index is 15.6. The Morgan fingerprint density at radius 3 is 2.57 bits per heavy atom. The lowest BCUT2D eigenvalue weighted by molar-refractivity contribution is 0.0957. The summed E-state index contributed by atoms with van der Waals surface area (Å²) in [4.78, 5) is 40.0. The molecule has 4 heterocycles. The van der Waals surface area contributed by atoms with E-state index in [9.17, 15) is 14.0 Å². The number of fused-ring (bicyclic) bond motifs is 1. The summed E-state index contributed by atoms with van der Waals surface area (Å²) in [5.41, 5.74) is 1.84. The van der Waals surface area contributed by atoms with E-state index in [1.54, 1.807) is 18.2 Å². The van der Waals surface area contributed by atoms with Crippen LogP contribution in [0.25, 0.3) is 22.5 Å². The monoisotopic (exact) mass is 571 g/mol. The Hall–Kier alpha value is -4.97. The molecule has 0 spiro atoms. The molecule has 2 aliphatic heterocycles. The highest BCUT2D eigenvalue weighted by molar-refractivity contribution is 6.05. The molecule has 1 unspecified atom stereocenters. The zero-order valence-corrected chi connectivity index (χ0v) is 23.0. The van der Waals surface area contributed by atoms with Gasteiger partial charge in [0.25, 0.3) is 11.8 Å². The van der Waals surface area contributed by atoms with Crippen LogP contribution in [-0.4, -0.2) is 65.6 Å². The van der Waals surface area contributed by atoms with Crippen molar-refractivity contribution in [2.45, 2.75) is 25.0 Å². The van der Waals surface area contributed by atoms with Gasteiger partial charge in [-0.05, 0) is 37.3 Å². The normalized spacial score (nSPS) is 18.8. The summed E-state index contributed by atoms with van der Waals surface area (Å²) in [5.74, 6) is -1.95. The number of anilines is 2. The molecule has 12 heteroatoms. The van der Waals surface area contributed by atoms with Crippen molar-refractivity contribution in [2.24, 2.45) is 0 Å². The first-order valence-electron chi connectivity index (χ1n) is 13.3. The number of hydrogen-bond donors (Lipinski definition) is 3. The van der Waals surface area contributed by atoms with Crippen molar-refractivity contribution >= 4 is 23.2 Å².